The monoisotopic (exact) mass is 480 g/mol. The van der Waals surface area contributed by atoms with Crippen LogP contribution >= 0.6 is 0 Å². The Morgan fingerprint density at radius 3 is 2.67 bits per heavy atom. The average molecular weight is 481 g/mol. The number of rotatable bonds is 7. The molecular weight excluding hydrogens is 452 g/mol. The number of aromatic amines is 1. The van der Waals surface area contributed by atoms with E-state index in [2.05, 4.69) is 10.3 Å². The smallest absolute Gasteiger partial charge is 0.338 e. The number of fused-ring (bicyclic) bond motifs is 1. The molecule has 0 radical (unpaired) electrons. The van der Waals surface area contributed by atoms with Gasteiger partial charge in [0.1, 0.15) is 11.6 Å². The molecule has 2 aromatic heterocycles. The van der Waals surface area contributed by atoms with Gasteiger partial charge < -0.3 is 19.6 Å². The largest absolute Gasteiger partial charge is 0.465 e. The number of aryl methyl sites for hydroxylation is 1. The number of hydrogen-bond acceptors (Lipinski definition) is 4. The second-order valence-corrected chi connectivity index (χ2v) is 8.64. The lowest BCUT2D eigenvalue weighted by atomic mass is 10.1. The minimum Gasteiger partial charge on any atom is -0.465 e. The summed E-state index contributed by atoms with van der Waals surface area (Å²) in [7, 11) is 1.36. The normalized spacial score (nSPS) is 11.4. The van der Waals surface area contributed by atoms with E-state index in [-0.39, 0.29) is 5.57 Å². The molecule has 0 aliphatic heterocycles. The van der Waals surface area contributed by atoms with Gasteiger partial charge in [0.05, 0.1) is 12.7 Å². The molecule has 0 saturated heterocycles. The Hall–Kier alpha value is -4.57. The van der Waals surface area contributed by atoms with Crippen LogP contribution in [0, 0.1) is 32.1 Å². The molecule has 0 unspecified atom stereocenters. The summed E-state index contributed by atoms with van der Waals surface area (Å²) in [5, 5.41) is 13.7. The van der Waals surface area contributed by atoms with Crippen molar-refractivity contribution in [3.63, 3.8) is 0 Å². The molecule has 0 aliphatic carbocycles. The Morgan fingerprint density at radius 1 is 1.14 bits per heavy atom. The number of nitrogens with zero attached hydrogens (tertiary/aromatic N) is 2. The number of methoxy groups -OCH3 is 1. The van der Waals surface area contributed by atoms with Gasteiger partial charge in [0.25, 0.3) is 5.91 Å². The number of nitriles is 1. The maximum Gasteiger partial charge on any atom is 0.338 e. The molecular formula is C29H28N4O3. The molecule has 36 heavy (non-hydrogen) atoms. The Morgan fingerprint density at radius 2 is 1.92 bits per heavy atom. The molecule has 0 atom stereocenters. The number of carbonyl (C=O) groups excluding carboxylic acids is 2. The third kappa shape index (κ3) is 4.66. The second-order valence-electron chi connectivity index (χ2n) is 8.64. The maximum absolute atomic E-state index is 12.8. The van der Waals surface area contributed by atoms with E-state index >= 15 is 0 Å². The lowest BCUT2D eigenvalue weighted by Gasteiger charge is -2.15. The van der Waals surface area contributed by atoms with E-state index in [0.29, 0.717) is 18.5 Å². The van der Waals surface area contributed by atoms with Crippen molar-refractivity contribution in [2.45, 2.75) is 27.2 Å². The predicted octanol–water partition coefficient (Wildman–Crippen LogP) is 4.94. The van der Waals surface area contributed by atoms with Gasteiger partial charge in [-0.1, -0.05) is 24.3 Å². The Labute approximate surface area is 210 Å². The molecule has 4 aromatic rings. The Balaban J connectivity index is 1.54. The quantitative estimate of drug-likeness (QED) is 0.222. The lowest BCUT2D eigenvalue weighted by molar-refractivity contribution is -0.117. The van der Waals surface area contributed by atoms with Gasteiger partial charge in [-0.15, -0.1) is 0 Å². The van der Waals surface area contributed by atoms with Crippen LogP contribution in [0.25, 0.3) is 22.7 Å². The first-order valence-corrected chi connectivity index (χ1v) is 11.7. The number of H-pyrrole nitrogens is 1. The van der Waals surface area contributed by atoms with Crippen molar-refractivity contribution in [1.29, 1.82) is 5.26 Å². The van der Waals surface area contributed by atoms with Gasteiger partial charge >= 0.3 is 5.97 Å². The number of aromatic nitrogens is 2. The van der Waals surface area contributed by atoms with Crippen LogP contribution in [0.2, 0.25) is 0 Å². The highest BCUT2D eigenvalue weighted by Crippen LogP contribution is 2.27. The Kier molecular flexibility index (Phi) is 7.07. The van der Waals surface area contributed by atoms with E-state index in [4.69, 9.17) is 4.74 Å². The minimum absolute atomic E-state index is 0.0363. The van der Waals surface area contributed by atoms with Crippen LogP contribution in [0.5, 0.6) is 0 Å². The van der Waals surface area contributed by atoms with Crippen molar-refractivity contribution in [2.75, 3.05) is 13.7 Å². The van der Waals surface area contributed by atoms with Crippen molar-refractivity contribution in [1.82, 2.24) is 14.9 Å². The number of para-hydroxylation sites is 1. The van der Waals surface area contributed by atoms with Crippen molar-refractivity contribution < 1.29 is 14.3 Å². The molecule has 0 fully saturated rings. The van der Waals surface area contributed by atoms with Crippen molar-refractivity contribution in [3.05, 3.63) is 93.9 Å². The molecule has 1 amide bonds. The highest BCUT2D eigenvalue weighted by molar-refractivity contribution is 6.02. The number of hydrogen-bond donors (Lipinski definition) is 2. The Bertz CT molecular complexity index is 1530. The van der Waals surface area contributed by atoms with Gasteiger partial charge in [0, 0.05) is 40.7 Å². The van der Waals surface area contributed by atoms with Crippen LogP contribution in [0.1, 0.15) is 38.4 Å². The highest BCUT2D eigenvalue weighted by atomic mass is 16.5. The van der Waals surface area contributed by atoms with E-state index < -0.39 is 11.9 Å². The topological polar surface area (TPSA) is 99.9 Å². The molecule has 182 valence electrons. The van der Waals surface area contributed by atoms with Crippen LogP contribution in [-0.4, -0.2) is 35.1 Å². The van der Waals surface area contributed by atoms with Crippen molar-refractivity contribution >= 4 is 28.9 Å². The number of benzene rings is 2. The molecule has 2 heterocycles. The first-order chi connectivity index (χ1) is 17.3. The van der Waals surface area contributed by atoms with Gasteiger partial charge in [0.2, 0.25) is 0 Å². The molecule has 0 aliphatic rings. The maximum atomic E-state index is 12.8. The first kappa shape index (κ1) is 24.6. The third-order valence-electron chi connectivity index (χ3n) is 6.44. The number of amides is 1. The first-order valence-electron chi connectivity index (χ1n) is 11.7. The number of carbonyl (C=O) groups is 2. The zero-order valence-corrected chi connectivity index (χ0v) is 20.8. The zero-order chi connectivity index (χ0) is 25.8. The van der Waals surface area contributed by atoms with Crippen molar-refractivity contribution in [3.8, 4) is 11.8 Å². The second kappa shape index (κ2) is 10.4. The summed E-state index contributed by atoms with van der Waals surface area (Å²) >= 11 is 0. The van der Waals surface area contributed by atoms with E-state index in [1.165, 1.54) is 7.11 Å². The van der Waals surface area contributed by atoms with Crippen LogP contribution in [-0.2, 0) is 16.0 Å². The summed E-state index contributed by atoms with van der Waals surface area (Å²) in [5.41, 5.74) is 6.87. The van der Waals surface area contributed by atoms with Crippen LogP contribution in [0.4, 0.5) is 0 Å². The van der Waals surface area contributed by atoms with E-state index in [1.807, 2.05) is 80.1 Å². The number of esters is 1. The molecule has 0 saturated carbocycles. The van der Waals surface area contributed by atoms with Gasteiger partial charge in [-0.3, -0.25) is 4.79 Å². The molecule has 0 spiro atoms. The summed E-state index contributed by atoms with van der Waals surface area (Å²) in [6, 6.07) is 17.4. The fourth-order valence-electron chi connectivity index (χ4n) is 4.55. The van der Waals surface area contributed by atoms with E-state index in [9.17, 15) is 14.9 Å². The summed E-state index contributed by atoms with van der Waals surface area (Å²) in [5.74, 6) is -0.806. The molecule has 2 aromatic carbocycles. The van der Waals surface area contributed by atoms with Gasteiger partial charge in [-0.05, 0) is 74.2 Å². The SMILES string of the molecule is COC(=O)c1cccc(-n2c(C)cc(/C=C(/C#N)C(=O)NCCc3c[nH]c4ccccc34)c2C)c1C. The minimum atomic E-state index is -0.411. The molecule has 7 nitrogen and oxygen atoms in total. The standard InChI is InChI=1S/C29H28N4O3/c1-18-14-22(20(3)33(18)27-11-7-9-24(19(27)2)29(35)36-4)15-23(16-30)28(34)31-13-12-21-17-32-26-10-6-5-8-25(21)26/h5-11,14-15,17,32H,12-13H2,1-4H3,(H,31,34)/b23-15-. The van der Waals surface area contributed by atoms with Gasteiger partial charge in [-0.2, -0.15) is 5.26 Å². The van der Waals surface area contributed by atoms with Crippen LogP contribution < -0.4 is 5.32 Å². The van der Waals surface area contributed by atoms with Gasteiger partial charge in [-0.25, -0.2) is 4.79 Å². The highest BCUT2D eigenvalue weighted by Gasteiger charge is 2.18. The van der Waals surface area contributed by atoms with Crippen molar-refractivity contribution in [2.24, 2.45) is 0 Å². The van der Waals surface area contributed by atoms with Crippen LogP contribution in [0.3, 0.4) is 0 Å². The molecule has 4 rings (SSSR count). The number of ether oxygens (including phenoxy) is 1. The summed E-state index contributed by atoms with van der Waals surface area (Å²) in [4.78, 5) is 28.2. The molecule has 2 N–H and O–H groups in total. The predicted molar refractivity (Wildman–Crippen MR) is 140 cm³/mol. The average Bonchev–Trinajstić information content (AvgIpc) is 3.42. The summed E-state index contributed by atoms with van der Waals surface area (Å²) in [6.45, 7) is 6.16. The zero-order valence-electron chi connectivity index (χ0n) is 20.8. The van der Waals surface area contributed by atoms with Crippen LogP contribution in [0.15, 0.2) is 60.3 Å². The fraction of sp³-hybridized carbons (Fsp3) is 0.207. The third-order valence-corrected chi connectivity index (χ3v) is 6.44. The molecule has 7 heteroatoms. The number of nitrogens with one attached hydrogen (secondary N) is 2. The van der Waals surface area contributed by atoms with Gasteiger partial charge in [0.15, 0.2) is 0 Å². The lowest BCUT2D eigenvalue weighted by Crippen LogP contribution is -2.26. The summed E-state index contributed by atoms with van der Waals surface area (Å²) in [6.07, 6.45) is 4.21. The fourth-order valence-corrected chi connectivity index (χ4v) is 4.55. The molecule has 0 bridgehead atoms. The summed E-state index contributed by atoms with van der Waals surface area (Å²) < 4.78 is 6.92. The van der Waals surface area contributed by atoms with E-state index in [0.717, 1.165) is 44.7 Å². The van der Waals surface area contributed by atoms with E-state index in [1.54, 1.807) is 12.1 Å².